The molecule has 0 spiro atoms. The third-order valence-corrected chi connectivity index (χ3v) is 1.74. The molecule has 0 atom stereocenters. The van der Waals surface area contributed by atoms with Crippen molar-refractivity contribution in [2.24, 2.45) is 10.9 Å². The van der Waals surface area contributed by atoms with Gasteiger partial charge in [0.05, 0.1) is 0 Å². The third kappa shape index (κ3) is 5.87. The van der Waals surface area contributed by atoms with Crippen LogP contribution in [0.1, 0.15) is 40.5 Å². The molecule has 0 bridgehead atoms. The molecule has 0 heterocycles. The van der Waals surface area contributed by atoms with E-state index < -0.39 is 0 Å². The van der Waals surface area contributed by atoms with Gasteiger partial charge < -0.3 is 0 Å². The molecule has 0 aromatic carbocycles. The van der Waals surface area contributed by atoms with Crippen LogP contribution in [-0.4, -0.2) is 12.4 Å². The molecule has 0 aromatic rings. The van der Waals surface area contributed by atoms with Gasteiger partial charge >= 0.3 is 0 Å². The highest BCUT2D eigenvalue weighted by Crippen LogP contribution is 2.02. The van der Waals surface area contributed by atoms with Crippen LogP contribution in [0.2, 0.25) is 0 Å². The molecular weight excluding hydrogens is 134 g/mol. The first kappa shape index (κ1) is 10.4. The first-order chi connectivity index (χ1) is 5.18. The fourth-order valence-corrected chi connectivity index (χ4v) is 0.547. The monoisotopic (exact) mass is 153 g/mol. The van der Waals surface area contributed by atoms with Gasteiger partial charge in [0.15, 0.2) is 0 Å². The molecule has 0 N–H and O–H groups in total. The average molecular weight is 153 g/mol. The molecule has 0 amide bonds. The van der Waals surface area contributed by atoms with Crippen molar-refractivity contribution in [3.05, 3.63) is 5.57 Å². The number of hydrogen-bond donors (Lipinski definition) is 0. The van der Waals surface area contributed by atoms with Crippen LogP contribution in [0.3, 0.4) is 0 Å². The maximum atomic E-state index is 4.20. The molecule has 0 radical (unpaired) electrons. The van der Waals surface area contributed by atoms with Gasteiger partial charge in [-0.3, -0.25) is 0 Å². The first-order valence-corrected chi connectivity index (χ1v) is 4.44. The summed E-state index contributed by atoms with van der Waals surface area (Å²) >= 11 is 0. The molecule has 1 heteroatoms. The lowest BCUT2D eigenvalue weighted by Gasteiger charge is -1.97. The minimum atomic E-state index is 0.584. The van der Waals surface area contributed by atoms with Crippen LogP contribution < -0.4 is 0 Å². The normalized spacial score (nSPS) is 9.55. The van der Waals surface area contributed by atoms with E-state index in [0.29, 0.717) is 5.92 Å². The number of aliphatic imine (C=N–C) groups is 1. The zero-order valence-electron chi connectivity index (χ0n) is 8.15. The lowest BCUT2D eigenvalue weighted by Crippen LogP contribution is -1.89. The number of unbranched alkanes of at least 4 members (excludes halogenated alkanes) is 1. The maximum absolute atomic E-state index is 4.20. The highest BCUT2D eigenvalue weighted by molar-refractivity contribution is 5.57. The summed E-state index contributed by atoms with van der Waals surface area (Å²) in [6, 6.07) is 0. The van der Waals surface area contributed by atoms with Gasteiger partial charge in [-0.25, -0.2) is 4.99 Å². The van der Waals surface area contributed by atoms with E-state index in [1.807, 2.05) is 0 Å². The molecule has 0 aliphatic heterocycles. The van der Waals surface area contributed by atoms with Gasteiger partial charge in [-0.2, -0.15) is 0 Å². The van der Waals surface area contributed by atoms with E-state index in [4.69, 9.17) is 0 Å². The SMILES string of the molecule is CCCCN=C=C(C)C(C)C. The topological polar surface area (TPSA) is 12.4 Å². The van der Waals surface area contributed by atoms with E-state index in [-0.39, 0.29) is 0 Å². The second-order valence-electron chi connectivity index (χ2n) is 3.18. The van der Waals surface area contributed by atoms with Gasteiger partial charge in [0, 0.05) is 6.54 Å². The summed E-state index contributed by atoms with van der Waals surface area (Å²) in [5, 5.41) is 0. The van der Waals surface area contributed by atoms with Crippen molar-refractivity contribution in [2.75, 3.05) is 6.54 Å². The van der Waals surface area contributed by atoms with Crippen molar-refractivity contribution in [1.82, 2.24) is 0 Å². The van der Waals surface area contributed by atoms with E-state index in [2.05, 4.69) is 38.6 Å². The molecule has 1 nitrogen and oxygen atoms in total. The Morgan fingerprint density at radius 2 is 2.09 bits per heavy atom. The Balaban J connectivity index is 3.76. The minimum absolute atomic E-state index is 0.584. The standard InChI is InChI=1S/C10H19N/c1-5-6-7-11-8-10(4)9(2)3/h9H,5-7H2,1-4H3. The molecule has 11 heavy (non-hydrogen) atoms. The predicted octanol–water partition coefficient (Wildman–Crippen LogP) is 3.06. The van der Waals surface area contributed by atoms with Gasteiger partial charge in [-0.05, 0) is 30.7 Å². The molecule has 0 saturated heterocycles. The molecule has 0 aliphatic carbocycles. The number of allylic oxidation sites excluding steroid dienone is 1. The van der Waals surface area contributed by atoms with Gasteiger partial charge in [-0.15, -0.1) is 0 Å². The van der Waals surface area contributed by atoms with Crippen LogP contribution in [0, 0.1) is 5.92 Å². The van der Waals surface area contributed by atoms with Crippen molar-refractivity contribution >= 4 is 5.87 Å². The number of rotatable bonds is 4. The largest absolute Gasteiger partial charge is 0.243 e. The van der Waals surface area contributed by atoms with Crippen LogP contribution in [0.25, 0.3) is 0 Å². The van der Waals surface area contributed by atoms with Gasteiger partial charge in [-0.1, -0.05) is 27.2 Å². The van der Waals surface area contributed by atoms with Crippen LogP contribution in [0.4, 0.5) is 0 Å². The molecule has 0 aromatic heterocycles. The van der Waals surface area contributed by atoms with E-state index in [9.17, 15) is 0 Å². The van der Waals surface area contributed by atoms with E-state index >= 15 is 0 Å². The van der Waals surface area contributed by atoms with Crippen molar-refractivity contribution in [2.45, 2.75) is 40.5 Å². The summed E-state index contributed by atoms with van der Waals surface area (Å²) in [5.41, 5.74) is 1.25. The van der Waals surface area contributed by atoms with E-state index in [1.165, 1.54) is 18.4 Å². The maximum Gasteiger partial charge on any atom is 0.0483 e. The Morgan fingerprint density at radius 3 is 2.55 bits per heavy atom. The second kappa shape index (κ2) is 6.18. The van der Waals surface area contributed by atoms with E-state index in [1.54, 1.807) is 0 Å². The molecule has 64 valence electrons. The molecule has 0 rings (SSSR count). The Morgan fingerprint density at radius 1 is 1.45 bits per heavy atom. The van der Waals surface area contributed by atoms with Crippen LogP contribution in [0.15, 0.2) is 10.6 Å². The zero-order valence-corrected chi connectivity index (χ0v) is 8.15. The second-order valence-corrected chi connectivity index (χ2v) is 3.18. The summed E-state index contributed by atoms with van der Waals surface area (Å²) < 4.78 is 0. The lowest BCUT2D eigenvalue weighted by atomic mass is 10.1. The van der Waals surface area contributed by atoms with Crippen LogP contribution >= 0.6 is 0 Å². The van der Waals surface area contributed by atoms with Crippen molar-refractivity contribution in [3.8, 4) is 0 Å². The fraction of sp³-hybridized carbons (Fsp3) is 0.800. The minimum Gasteiger partial charge on any atom is -0.243 e. The quantitative estimate of drug-likeness (QED) is 0.435. The Hall–Kier alpha value is -0.550. The summed E-state index contributed by atoms with van der Waals surface area (Å²) in [5.74, 6) is 3.64. The van der Waals surface area contributed by atoms with Gasteiger partial charge in [0.1, 0.15) is 0 Å². The van der Waals surface area contributed by atoms with Crippen LogP contribution in [0.5, 0.6) is 0 Å². The molecule has 0 unspecified atom stereocenters. The smallest absolute Gasteiger partial charge is 0.0483 e. The Labute approximate surface area is 70.2 Å². The Bertz CT molecular complexity index is 150. The molecule has 0 fully saturated rings. The Kier molecular flexibility index (Phi) is 5.87. The highest BCUT2D eigenvalue weighted by Gasteiger charge is 1.92. The number of hydrogen-bond acceptors (Lipinski definition) is 1. The van der Waals surface area contributed by atoms with Crippen LogP contribution in [-0.2, 0) is 0 Å². The highest BCUT2D eigenvalue weighted by atomic mass is 14.7. The molecular formula is C10H19N. The molecule has 0 saturated carbocycles. The third-order valence-electron chi connectivity index (χ3n) is 1.74. The van der Waals surface area contributed by atoms with Gasteiger partial charge in [0.2, 0.25) is 0 Å². The number of nitrogens with zero attached hydrogens (tertiary/aromatic N) is 1. The van der Waals surface area contributed by atoms with Crippen molar-refractivity contribution < 1.29 is 0 Å². The van der Waals surface area contributed by atoms with Gasteiger partial charge in [0.25, 0.3) is 0 Å². The van der Waals surface area contributed by atoms with Crippen molar-refractivity contribution in [1.29, 1.82) is 0 Å². The average Bonchev–Trinajstić information content (AvgIpc) is 1.97. The molecule has 0 aliphatic rings. The van der Waals surface area contributed by atoms with E-state index in [0.717, 1.165) is 6.54 Å². The zero-order chi connectivity index (χ0) is 8.69. The summed E-state index contributed by atoms with van der Waals surface area (Å²) in [6.07, 6.45) is 2.39. The lowest BCUT2D eigenvalue weighted by molar-refractivity contribution is 0.776. The summed E-state index contributed by atoms with van der Waals surface area (Å²) in [6.45, 7) is 9.52. The summed E-state index contributed by atoms with van der Waals surface area (Å²) in [7, 11) is 0. The summed E-state index contributed by atoms with van der Waals surface area (Å²) in [4.78, 5) is 4.20. The first-order valence-electron chi connectivity index (χ1n) is 4.44. The predicted molar refractivity (Wildman–Crippen MR) is 51.2 cm³/mol. The van der Waals surface area contributed by atoms with Crippen molar-refractivity contribution in [3.63, 3.8) is 0 Å². The fourth-order valence-electron chi connectivity index (χ4n) is 0.547.